The summed E-state index contributed by atoms with van der Waals surface area (Å²) in [7, 11) is 0. The average molecular weight is 280 g/mol. The second kappa shape index (κ2) is 4.60. The third kappa shape index (κ3) is 1.90. The topological polar surface area (TPSA) is 30.9 Å². The SMILES string of the molecule is Nc1ccc2ccn(CC3CSc4ccccc43)c2c1. The van der Waals surface area contributed by atoms with E-state index in [1.54, 1.807) is 0 Å². The van der Waals surface area contributed by atoms with Gasteiger partial charge in [0.05, 0.1) is 5.52 Å². The van der Waals surface area contributed by atoms with E-state index in [1.807, 2.05) is 17.8 Å². The molecular formula is C17H16N2S. The molecule has 0 amide bonds. The fourth-order valence-corrected chi connectivity index (χ4v) is 4.22. The fraction of sp³-hybridized carbons (Fsp3) is 0.176. The Labute approximate surface area is 122 Å². The Hall–Kier alpha value is -1.87. The van der Waals surface area contributed by atoms with Gasteiger partial charge in [0.2, 0.25) is 0 Å². The van der Waals surface area contributed by atoms with Crippen LogP contribution in [0.2, 0.25) is 0 Å². The Balaban J connectivity index is 1.70. The van der Waals surface area contributed by atoms with Crippen LogP contribution in [-0.2, 0) is 6.54 Å². The van der Waals surface area contributed by atoms with Crippen molar-refractivity contribution in [2.24, 2.45) is 0 Å². The van der Waals surface area contributed by atoms with Crippen LogP contribution in [0.15, 0.2) is 59.6 Å². The molecule has 4 rings (SSSR count). The highest BCUT2D eigenvalue weighted by atomic mass is 32.2. The van der Waals surface area contributed by atoms with E-state index in [1.165, 1.54) is 27.1 Å². The van der Waals surface area contributed by atoms with Gasteiger partial charge >= 0.3 is 0 Å². The van der Waals surface area contributed by atoms with Crippen molar-refractivity contribution in [3.05, 3.63) is 60.3 Å². The number of hydrogen-bond acceptors (Lipinski definition) is 2. The Kier molecular flexibility index (Phi) is 2.74. The van der Waals surface area contributed by atoms with Gasteiger partial charge in [-0.3, -0.25) is 0 Å². The molecule has 0 aliphatic carbocycles. The number of nitrogens with zero attached hydrogens (tertiary/aromatic N) is 1. The first-order valence-corrected chi connectivity index (χ1v) is 7.86. The average Bonchev–Trinajstić information content (AvgIpc) is 3.05. The number of rotatable bonds is 2. The highest BCUT2D eigenvalue weighted by Gasteiger charge is 2.23. The number of fused-ring (bicyclic) bond motifs is 2. The van der Waals surface area contributed by atoms with Crippen LogP contribution in [0.5, 0.6) is 0 Å². The highest BCUT2D eigenvalue weighted by Crippen LogP contribution is 2.40. The summed E-state index contributed by atoms with van der Waals surface area (Å²) in [6.07, 6.45) is 2.18. The summed E-state index contributed by atoms with van der Waals surface area (Å²) in [5.74, 6) is 1.76. The Morgan fingerprint density at radius 2 is 2.05 bits per heavy atom. The van der Waals surface area contributed by atoms with E-state index in [-0.39, 0.29) is 0 Å². The van der Waals surface area contributed by atoms with Gasteiger partial charge in [-0.1, -0.05) is 24.3 Å². The van der Waals surface area contributed by atoms with E-state index >= 15 is 0 Å². The van der Waals surface area contributed by atoms with Gasteiger partial charge in [0, 0.05) is 35.0 Å². The molecule has 100 valence electrons. The van der Waals surface area contributed by atoms with Crippen molar-refractivity contribution in [2.45, 2.75) is 17.4 Å². The van der Waals surface area contributed by atoms with Gasteiger partial charge in [-0.2, -0.15) is 0 Å². The summed E-state index contributed by atoms with van der Waals surface area (Å²) in [5, 5.41) is 1.26. The van der Waals surface area contributed by atoms with Crippen molar-refractivity contribution in [3.8, 4) is 0 Å². The molecule has 0 bridgehead atoms. The number of aromatic nitrogens is 1. The van der Waals surface area contributed by atoms with Crippen molar-refractivity contribution in [1.29, 1.82) is 0 Å². The third-order valence-electron chi connectivity index (χ3n) is 4.01. The summed E-state index contributed by atoms with van der Waals surface area (Å²) < 4.78 is 2.33. The van der Waals surface area contributed by atoms with Crippen LogP contribution in [0, 0.1) is 0 Å². The molecule has 0 radical (unpaired) electrons. The molecule has 1 atom stereocenters. The number of anilines is 1. The zero-order valence-electron chi connectivity index (χ0n) is 11.1. The molecule has 1 unspecified atom stereocenters. The van der Waals surface area contributed by atoms with E-state index in [2.05, 4.69) is 53.2 Å². The molecule has 1 aliphatic heterocycles. The molecule has 2 aromatic carbocycles. The molecule has 0 fully saturated rings. The zero-order valence-corrected chi connectivity index (χ0v) is 11.9. The maximum Gasteiger partial charge on any atom is 0.0501 e. The minimum absolute atomic E-state index is 0.591. The van der Waals surface area contributed by atoms with Crippen molar-refractivity contribution in [3.63, 3.8) is 0 Å². The van der Waals surface area contributed by atoms with E-state index in [0.717, 1.165) is 12.2 Å². The van der Waals surface area contributed by atoms with Crippen LogP contribution in [-0.4, -0.2) is 10.3 Å². The molecule has 2 heterocycles. The van der Waals surface area contributed by atoms with Crippen molar-refractivity contribution >= 4 is 28.4 Å². The Bertz CT molecular complexity index is 776. The quantitative estimate of drug-likeness (QED) is 0.716. The molecule has 0 saturated carbocycles. The second-order valence-corrected chi connectivity index (χ2v) is 6.39. The lowest BCUT2D eigenvalue weighted by atomic mass is 10.0. The molecule has 20 heavy (non-hydrogen) atoms. The molecule has 3 aromatic rings. The zero-order chi connectivity index (χ0) is 13.5. The van der Waals surface area contributed by atoms with Crippen LogP contribution >= 0.6 is 11.8 Å². The van der Waals surface area contributed by atoms with Gasteiger partial charge in [0.1, 0.15) is 0 Å². The summed E-state index contributed by atoms with van der Waals surface area (Å²) in [5.41, 5.74) is 9.48. The van der Waals surface area contributed by atoms with Crippen molar-refractivity contribution < 1.29 is 0 Å². The first kappa shape index (κ1) is 11.9. The Morgan fingerprint density at radius 1 is 1.15 bits per heavy atom. The van der Waals surface area contributed by atoms with Gasteiger partial charge in [-0.25, -0.2) is 0 Å². The van der Waals surface area contributed by atoms with Crippen LogP contribution in [0.3, 0.4) is 0 Å². The summed E-state index contributed by atoms with van der Waals surface area (Å²) in [4.78, 5) is 1.44. The summed E-state index contributed by atoms with van der Waals surface area (Å²) in [6.45, 7) is 1.02. The second-order valence-electron chi connectivity index (χ2n) is 5.33. The molecule has 3 heteroatoms. The van der Waals surface area contributed by atoms with E-state index < -0.39 is 0 Å². The number of nitrogens with two attached hydrogens (primary N) is 1. The van der Waals surface area contributed by atoms with Crippen molar-refractivity contribution in [2.75, 3.05) is 11.5 Å². The number of nitrogen functional groups attached to an aromatic ring is 1. The summed E-state index contributed by atoms with van der Waals surface area (Å²) in [6, 6.07) is 17.1. The Morgan fingerprint density at radius 3 is 3.00 bits per heavy atom. The van der Waals surface area contributed by atoms with Gasteiger partial charge in [0.15, 0.2) is 0 Å². The number of benzene rings is 2. The highest BCUT2D eigenvalue weighted by molar-refractivity contribution is 7.99. The van der Waals surface area contributed by atoms with Crippen LogP contribution in [0.25, 0.3) is 10.9 Å². The fourth-order valence-electron chi connectivity index (χ4n) is 2.98. The van der Waals surface area contributed by atoms with Gasteiger partial charge in [-0.15, -0.1) is 11.8 Å². The molecule has 0 saturated heterocycles. The largest absolute Gasteiger partial charge is 0.399 e. The minimum atomic E-state index is 0.591. The normalized spacial score (nSPS) is 17.5. The van der Waals surface area contributed by atoms with Crippen LogP contribution in [0.4, 0.5) is 5.69 Å². The molecule has 1 aromatic heterocycles. The monoisotopic (exact) mass is 280 g/mol. The minimum Gasteiger partial charge on any atom is -0.399 e. The maximum absolute atomic E-state index is 5.92. The lowest BCUT2D eigenvalue weighted by Crippen LogP contribution is -2.07. The van der Waals surface area contributed by atoms with Crippen LogP contribution in [0.1, 0.15) is 11.5 Å². The van der Waals surface area contributed by atoms with E-state index in [9.17, 15) is 0 Å². The van der Waals surface area contributed by atoms with Gasteiger partial charge in [-0.05, 0) is 35.2 Å². The molecule has 1 aliphatic rings. The van der Waals surface area contributed by atoms with Gasteiger partial charge in [0.25, 0.3) is 0 Å². The lowest BCUT2D eigenvalue weighted by molar-refractivity contribution is 0.623. The number of thioether (sulfide) groups is 1. The first-order valence-electron chi connectivity index (χ1n) is 6.87. The van der Waals surface area contributed by atoms with Crippen LogP contribution < -0.4 is 5.73 Å². The number of hydrogen-bond donors (Lipinski definition) is 1. The van der Waals surface area contributed by atoms with Crippen molar-refractivity contribution in [1.82, 2.24) is 4.57 Å². The van der Waals surface area contributed by atoms with E-state index in [4.69, 9.17) is 5.73 Å². The molecule has 2 nitrogen and oxygen atoms in total. The molecule has 0 spiro atoms. The predicted molar refractivity (Wildman–Crippen MR) is 86.3 cm³/mol. The van der Waals surface area contributed by atoms with Gasteiger partial charge < -0.3 is 10.3 Å². The molecule has 2 N–H and O–H groups in total. The predicted octanol–water partition coefficient (Wildman–Crippen LogP) is 4.11. The lowest BCUT2D eigenvalue weighted by Gasteiger charge is -2.13. The third-order valence-corrected chi connectivity index (χ3v) is 5.27. The molecular weight excluding hydrogens is 264 g/mol. The maximum atomic E-state index is 5.92. The first-order chi connectivity index (χ1) is 9.81. The standard InChI is InChI=1S/C17H16N2S/c18-14-6-5-12-7-8-19(16(12)9-14)10-13-11-20-17-4-2-1-3-15(13)17/h1-9,13H,10-11,18H2. The smallest absolute Gasteiger partial charge is 0.0501 e. The van der Waals surface area contributed by atoms with E-state index in [0.29, 0.717) is 5.92 Å². The summed E-state index contributed by atoms with van der Waals surface area (Å²) >= 11 is 1.97.